The van der Waals surface area contributed by atoms with E-state index in [0.29, 0.717) is 22.8 Å². The van der Waals surface area contributed by atoms with Gasteiger partial charge in [-0.25, -0.2) is 4.90 Å². The van der Waals surface area contributed by atoms with Crippen molar-refractivity contribution in [3.05, 3.63) is 65.8 Å². The van der Waals surface area contributed by atoms with Gasteiger partial charge in [0.1, 0.15) is 0 Å². The number of hydrogen-bond acceptors (Lipinski definition) is 4. The Hall–Kier alpha value is -0.940. The number of aryl methyl sites for hydroxylation is 2. The van der Waals surface area contributed by atoms with Crippen LogP contribution in [0.4, 0.5) is 0 Å². The van der Waals surface area contributed by atoms with Crippen molar-refractivity contribution < 1.29 is 9.59 Å². The first-order valence-corrected chi connectivity index (χ1v) is 11.1. The minimum atomic E-state index is -0.325. The molecule has 0 bridgehead atoms. The summed E-state index contributed by atoms with van der Waals surface area (Å²) in [7, 11) is 0. The summed E-state index contributed by atoms with van der Waals surface area (Å²) in [6.45, 7) is 4.49. The molecular formula is C19H16I2N2O2S. The van der Waals surface area contributed by atoms with Crippen LogP contribution < -0.4 is 0 Å². The molecule has 2 aromatic rings. The molecule has 1 aliphatic heterocycles. The summed E-state index contributed by atoms with van der Waals surface area (Å²) in [6, 6.07) is 11.3. The fourth-order valence-electron chi connectivity index (χ4n) is 2.57. The van der Waals surface area contributed by atoms with E-state index in [1.165, 1.54) is 16.7 Å². The highest BCUT2D eigenvalue weighted by Crippen LogP contribution is 2.25. The molecule has 4 nitrogen and oxygen atoms in total. The van der Waals surface area contributed by atoms with Gasteiger partial charge in [0.05, 0.1) is 17.7 Å². The van der Waals surface area contributed by atoms with Crippen molar-refractivity contribution >= 4 is 73.9 Å². The molecule has 3 rings (SSSR count). The fourth-order valence-corrected chi connectivity index (χ4v) is 4.55. The number of halogens is 2. The normalized spacial score (nSPS) is 13.5. The number of amides is 2. The van der Waals surface area contributed by atoms with Crippen LogP contribution in [0.2, 0.25) is 0 Å². The van der Waals surface area contributed by atoms with Crippen LogP contribution in [0.3, 0.4) is 0 Å². The number of amidine groups is 1. The van der Waals surface area contributed by atoms with Gasteiger partial charge in [-0.05, 0) is 83.3 Å². The molecule has 0 aliphatic carbocycles. The number of nitrogens with zero attached hydrogens (tertiary/aromatic N) is 2. The van der Waals surface area contributed by atoms with E-state index in [2.05, 4.69) is 50.2 Å². The van der Waals surface area contributed by atoms with Gasteiger partial charge in [-0.1, -0.05) is 35.0 Å². The van der Waals surface area contributed by atoms with E-state index in [-0.39, 0.29) is 11.8 Å². The van der Waals surface area contributed by atoms with Gasteiger partial charge in [0.15, 0.2) is 5.17 Å². The highest BCUT2D eigenvalue weighted by atomic mass is 127. The zero-order valence-electron chi connectivity index (χ0n) is 14.3. The average Bonchev–Trinajstić information content (AvgIpc) is 3.13. The summed E-state index contributed by atoms with van der Waals surface area (Å²) in [5, 5.41) is 0.481. The third kappa shape index (κ3) is 4.14. The lowest BCUT2D eigenvalue weighted by Crippen LogP contribution is -2.40. The molecular weight excluding hydrogens is 574 g/mol. The van der Waals surface area contributed by atoms with Crippen LogP contribution in [-0.4, -0.2) is 34.2 Å². The van der Waals surface area contributed by atoms with Gasteiger partial charge < -0.3 is 0 Å². The lowest BCUT2D eigenvalue weighted by Gasteiger charge is -2.22. The smallest absolute Gasteiger partial charge is 0.268 e. The number of thioether (sulfide) groups is 1. The van der Waals surface area contributed by atoms with Crippen LogP contribution >= 0.6 is 56.9 Å². The molecule has 1 heterocycles. The summed E-state index contributed by atoms with van der Waals surface area (Å²) in [4.78, 5) is 32.3. The second-order valence-electron chi connectivity index (χ2n) is 5.93. The fraction of sp³-hybridized carbons (Fsp3) is 0.211. The van der Waals surface area contributed by atoms with Gasteiger partial charge in [0, 0.05) is 12.9 Å². The average molecular weight is 590 g/mol. The number of carbonyl (C=O) groups is 2. The third-order valence-electron chi connectivity index (χ3n) is 3.87. The highest BCUT2D eigenvalue weighted by Gasteiger charge is 2.32. The molecule has 0 N–H and O–H groups in total. The number of rotatable bonds is 2. The van der Waals surface area contributed by atoms with Crippen molar-refractivity contribution in [2.45, 2.75) is 13.8 Å². The summed E-state index contributed by atoms with van der Waals surface area (Å²) in [6.07, 6.45) is 0. The molecule has 0 unspecified atom stereocenters. The standard InChI is InChI=1S/C19H16I2N2O2S/c1-11-3-5-15(20)13(9-11)17(24)23(19-22-7-8-26-19)18(25)14-10-12(2)4-6-16(14)21/h3-6,9-10H,7-8H2,1-2H3. The van der Waals surface area contributed by atoms with Crippen molar-refractivity contribution in [1.82, 2.24) is 4.90 Å². The molecule has 0 fully saturated rings. The van der Waals surface area contributed by atoms with Gasteiger partial charge in [-0.15, -0.1) is 0 Å². The molecule has 7 heteroatoms. The first-order valence-electron chi connectivity index (χ1n) is 7.97. The Kier molecular flexibility index (Phi) is 6.39. The molecule has 2 amide bonds. The third-order valence-corrected chi connectivity index (χ3v) is 6.71. The molecule has 26 heavy (non-hydrogen) atoms. The van der Waals surface area contributed by atoms with Crippen LogP contribution in [0.25, 0.3) is 0 Å². The summed E-state index contributed by atoms with van der Waals surface area (Å²) >= 11 is 5.71. The zero-order valence-corrected chi connectivity index (χ0v) is 19.4. The van der Waals surface area contributed by atoms with Crippen molar-refractivity contribution in [2.24, 2.45) is 4.99 Å². The monoisotopic (exact) mass is 590 g/mol. The molecule has 0 saturated carbocycles. The Bertz CT molecular complexity index is 864. The molecule has 2 aromatic carbocycles. The summed E-state index contributed by atoms with van der Waals surface area (Å²) in [5.41, 5.74) is 3.01. The van der Waals surface area contributed by atoms with Crippen molar-refractivity contribution in [1.29, 1.82) is 0 Å². The minimum Gasteiger partial charge on any atom is -0.268 e. The quantitative estimate of drug-likeness (QED) is 0.370. The Balaban J connectivity index is 2.08. The predicted octanol–water partition coefficient (Wildman–Crippen LogP) is 4.90. The SMILES string of the molecule is Cc1ccc(I)c(C(=O)N(C(=O)c2cc(C)ccc2I)C2=NCCS2)c1. The van der Waals surface area contributed by atoms with E-state index in [9.17, 15) is 9.59 Å². The van der Waals surface area contributed by atoms with E-state index in [4.69, 9.17) is 0 Å². The van der Waals surface area contributed by atoms with Crippen molar-refractivity contribution in [3.63, 3.8) is 0 Å². The van der Waals surface area contributed by atoms with Crippen LogP contribution in [0.15, 0.2) is 41.4 Å². The Morgan fingerprint density at radius 1 is 0.962 bits per heavy atom. The number of hydrogen-bond donors (Lipinski definition) is 0. The van der Waals surface area contributed by atoms with E-state index in [1.54, 1.807) is 0 Å². The molecule has 0 spiro atoms. The second kappa shape index (κ2) is 8.39. The number of imide groups is 1. The van der Waals surface area contributed by atoms with Crippen LogP contribution in [0, 0.1) is 21.0 Å². The maximum Gasteiger partial charge on any atom is 0.268 e. The maximum absolute atomic E-state index is 13.3. The van der Waals surface area contributed by atoms with Crippen LogP contribution in [0.5, 0.6) is 0 Å². The van der Waals surface area contributed by atoms with Gasteiger partial charge >= 0.3 is 0 Å². The molecule has 0 atom stereocenters. The van der Waals surface area contributed by atoms with Crippen LogP contribution in [0.1, 0.15) is 31.8 Å². The second-order valence-corrected chi connectivity index (χ2v) is 9.31. The first kappa shape index (κ1) is 19.8. The maximum atomic E-state index is 13.3. The van der Waals surface area contributed by atoms with E-state index in [1.807, 2.05) is 50.2 Å². The molecule has 0 saturated heterocycles. The molecule has 0 aromatic heterocycles. The molecule has 134 valence electrons. The van der Waals surface area contributed by atoms with E-state index in [0.717, 1.165) is 24.0 Å². The van der Waals surface area contributed by atoms with Crippen LogP contribution in [-0.2, 0) is 0 Å². The van der Waals surface area contributed by atoms with Crippen molar-refractivity contribution in [3.8, 4) is 0 Å². The Morgan fingerprint density at radius 3 is 1.88 bits per heavy atom. The van der Waals surface area contributed by atoms with Crippen molar-refractivity contribution in [2.75, 3.05) is 12.3 Å². The zero-order chi connectivity index (χ0) is 18.8. The van der Waals surface area contributed by atoms with E-state index < -0.39 is 0 Å². The number of benzene rings is 2. The summed E-state index contributed by atoms with van der Waals surface area (Å²) < 4.78 is 1.64. The predicted molar refractivity (Wildman–Crippen MR) is 123 cm³/mol. The number of aliphatic imine (C=N–C) groups is 1. The Morgan fingerprint density at radius 2 is 1.46 bits per heavy atom. The largest absolute Gasteiger partial charge is 0.268 e. The molecule has 1 aliphatic rings. The van der Waals surface area contributed by atoms with Gasteiger partial charge in [-0.3, -0.25) is 14.6 Å². The van der Waals surface area contributed by atoms with Gasteiger partial charge in [0.2, 0.25) is 0 Å². The van der Waals surface area contributed by atoms with E-state index >= 15 is 0 Å². The van der Waals surface area contributed by atoms with Gasteiger partial charge in [-0.2, -0.15) is 0 Å². The minimum absolute atomic E-state index is 0.325. The molecule has 0 radical (unpaired) electrons. The Labute approximate surface area is 184 Å². The lowest BCUT2D eigenvalue weighted by molar-refractivity contribution is 0.0716. The van der Waals surface area contributed by atoms with Gasteiger partial charge in [0.25, 0.3) is 11.8 Å². The topological polar surface area (TPSA) is 49.7 Å². The number of carbonyl (C=O) groups excluding carboxylic acids is 2. The lowest BCUT2D eigenvalue weighted by atomic mass is 10.1. The summed E-state index contributed by atoms with van der Waals surface area (Å²) in [5.74, 6) is 0.129. The highest BCUT2D eigenvalue weighted by molar-refractivity contribution is 14.1. The first-order chi connectivity index (χ1) is 12.4.